The Bertz CT molecular complexity index is 699. The van der Waals surface area contributed by atoms with Crippen LogP contribution in [0.15, 0.2) is 48.5 Å². The van der Waals surface area contributed by atoms with E-state index in [-0.39, 0.29) is 11.7 Å². The fourth-order valence-electron chi connectivity index (χ4n) is 2.01. The van der Waals surface area contributed by atoms with E-state index in [2.05, 4.69) is 10.1 Å². The second-order valence-corrected chi connectivity index (χ2v) is 5.30. The molecule has 4 nitrogen and oxygen atoms in total. The van der Waals surface area contributed by atoms with Gasteiger partial charge in [-0.05, 0) is 42.8 Å². The number of amides is 1. The van der Waals surface area contributed by atoms with Gasteiger partial charge in [0.25, 0.3) is 5.91 Å². The first-order chi connectivity index (χ1) is 11.8. The third-order valence-electron chi connectivity index (χ3n) is 3.26. The third kappa shape index (κ3) is 6.37. The number of aryl methyl sites for hydroxylation is 1. The number of hydrogen-bond donors (Lipinski definition) is 1. The van der Waals surface area contributed by atoms with E-state index in [0.29, 0.717) is 18.7 Å². The van der Waals surface area contributed by atoms with Crippen LogP contribution in [-0.4, -0.2) is 31.8 Å². The summed E-state index contributed by atoms with van der Waals surface area (Å²) < 4.78 is 46.4. The van der Waals surface area contributed by atoms with Crippen LogP contribution in [0.2, 0.25) is 0 Å². The van der Waals surface area contributed by atoms with Crippen LogP contribution in [0.5, 0.6) is 11.5 Å². The highest BCUT2D eigenvalue weighted by Gasteiger charge is 2.28. The second-order valence-electron chi connectivity index (χ2n) is 5.30. The van der Waals surface area contributed by atoms with Gasteiger partial charge in [-0.15, -0.1) is 0 Å². The highest BCUT2D eigenvalue weighted by atomic mass is 19.4. The van der Waals surface area contributed by atoms with Crippen molar-refractivity contribution in [1.82, 2.24) is 5.32 Å². The first-order valence-corrected chi connectivity index (χ1v) is 7.61. The summed E-state index contributed by atoms with van der Waals surface area (Å²) in [7, 11) is 0. The van der Waals surface area contributed by atoms with Gasteiger partial charge in [0, 0.05) is 5.56 Å². The predicted molar refractivity (Wildman–Crippen MR) is 87.0 cm³/mol. The molecule has 1 amide bonds. The van der Waals surface area contributed by atoms with Crippen LogP contribution in [0.4, 0.5) is 13.2 Å². The standard InChI is InChI=1S/C18H18F3NO3/c1-13-4-2-3-5-16(13)24-11-10-22-17(23)14-6-8-15(9-7-14)25-12-18(19,20)21/h2-9H,10-12H2,1H3,(H,22,23). The second kappa shape index (κ2) is 8.41. The Morgan fingerprint density at radius 1 is 1.04 bits per heavy atom. The minimum Gasteiger partial charge on any atom is -0.491 e. The lowest BCUT2D eigenvalue weighted by Crippen LogP contribution is -2.28. The topological polar surface area (TPSA) is 47.6 Å². The van der Waals surface area contributed by atoms with Crippen molar-refractivity contribution in [3.63, 3.8) is 0 Å². The van der Waals surface area contributed by atoms with E-state index >= 15 is 0 Å². The average molecular weight is 353 g/mol. The van der Waals surface area contributed by atoms with Crippen molar-refractivity contribution in [3.05, 3.63) is 59.7 Å². The van der Waals surface area contributed by atoms with Crippen LogP contribution in [0.25, 0.3) is 0 Å². The number of para-hydroxylation sites is 1. The van der Waals surface area contributed by atoms with E-state index in [1.807, 2.05) is 31.2 Å². The lowest BCUT2D eigenvalue weighted by Gasteiger charge is -2.11. The molecule has 0 aromatic heterocycles. The van der Waals surface area contributed by atoms with Gasteiger partial charge in [-0.1, -0.05) is 18.2 Å². The van der Waals surface area contributed by atoms with Crippen LogP contribution in [-0.2, 0) is 0 Å². The van der Waals surface area contributed by atoms with Crippen molar-refractivity contribution in [2.45, 2.75) is 13.1 Å². The zero-order valence-corrected chi connectivity index (χ0v) is 13.6. The first-order valence-electron chi connectivity index (χ1n) is 7.61. The highest BCUT2D eigenvalue weighted by molar-refractivity contribution is 5.94. The highest BCUT2D eigenvalue weighted by Crippen LogP contribution is 2.19. The molecule has 7 heteroatoms. The van der Waals surface area contributed by atoms with Crippen LogP contribution >= 0.6 is 0 Å². The molecule has 0 fully saturated rings. The summed E-state index contributed by atoms with van der Waals surface area (Å²) in [6.07, 6.45) is -4.40. The molecule has 134 valence electrons. The normalized spacial score (nSPS) is 11.0. The molecule has 0 saturated carbocycles. The molecule has 2 rings (SSSR count). The van der Waals surface area contributed by atoms with Gasteiger partial charge in [-0.25, -0.2) is 0 Å². The SMILES string of the molecule is Cc1ccccc1OCCNC(=O)c1ccc(OCC(F)(F)F)cc1. The first kappa shape index (κ1) is 18.6. The maximum Gasteiger partial charge on any atom is 0.422 e. The summed E-state index contributed by atoms with van der Waals surface area (Å²) in [6.45, 7) is 1.17. The van der Waals surface area contributed by atoms with Crippen LogP contribution in [0.1, 0.15) is 15.9 Å². The van der Waals surface area contributed by atoms with Crippen LogP contribution < -0.4 is 14.8 Å². The minimum atomic E-state index is -4.40. The number of alkyl halides is 3. The van der Waals surface area contributed by atoms with Crippen LogP contribution in [0.3, 0.4) is 0 Å². The number of halogens is 3. The van der Waals surface area contributed by atoms with Gasteiger partial charge in [0.05, 0.1) is 6.54 Å². The Kier molecular flexibility index (Phi) is 6.27. The zero-order chi connectivity index (χ0) is 18.3. The van der Waals surface area contributed by atoms with E-state index in [1.54, 1.807) is 0 Å². The van der Waals surface area contributed by atoms with E-state index < -0.39 is 12.8 Å². The number of carbonyl (C=O) groups is 1. The van der Waals surface area contributed by atoms with Gasteiger partial charge in [-0.3, -0.25) is 4.79 Å². The van der Waals surface area contributed by atoms with Crippen LogP contribution in [0, 0.1) is 6.92 Å². The fraction of sp³-hybridized carbons (Fsp3) is 0.278. The number of hydrogen-bond acceptors (Lipinski definition) is 3. The molecule has 0 saturated heterocycles. The third-order valence-corrected chi connectivity index (χ3v) is 3.26. The van der Waals surface area contributed by atoms with Gasteiger partial charge in [-0.2, -0.15) is 13.2 Å². The average Bonchev–Trinajstić information content (AvgIpc) is 2.58. The smallest absolute Gasteiger partial charge is 0.422 e. The van der Waals surface area contributed by atoms with Crippen molar-refractivity contribution in [2.24, 2.45) is 0 Å². The number of benzene rings is 2. The van der Waals surface area contributed by atoms with Gasteiger partial charge < -0.3 is 14.8 Å². The molecule has 0 heterocycles. The maximum absolute atomic E-state index is 12.1. The molecule has 0 atom stereocenters. The molecule has 0 spiro atoms. The summed E-state index contributed by atoms with van der Waals surface area (Å²) >= 11 is 0. The number of ether oxygens (including phenoxy) is 2. The largest absolute Gasteiger partial charge is 0.491 e. The summed E-state index contributed by atoms with van der Waals surface area (Å²) in [5.74, 6) is 0.468. The maximum atomic E-state index is 12.1. The summed E-state index contributed by atoms with van der Waals surface area (Å²) in [4.78, 5) is 12.0. The molecule has 0 aliphatic carbocycles. The number of nitrogens with one attached hydrogen (secondary N) is 1. The predicted octanol–water partition coefficient (Wildman–Crippen LogP) is 3.74. The summed E-state index contributed by atoms with van der Waals surface area (Å²) in [5.41, 5.74) is 1.33. The number of rotatable bonds is 7. The van der Waals surface area contributed by atoms with E-state index in [1.165, 1.54) is 24.3 Å². The molecule has 0 aliphatic heterocycles. The Hall–Kier alpha value is -2.70. The Morgan fingerprint density at radius 2 is 1.72 bits per heavy atom. The van der Waals surface area contributed by atoms with Gasteiger partial charge in [0.15, 0.2) is 6.61 Å². The summed E-state index contributed by atoms with van der Waals surface area (Å²) in [6, 6.07) is 13.0. The molecular formula is C18H18F3NO3. The van der Waals surface area contributed by atoms with E-state index in [4.69, 9.17) is 4.74 Å². The molecule has 2 aromatic rings. The molecule has 25 heavy (non-hydrogen) atoms. The monoisotopic (exact) mass is 353 g/mol. The van der Waals surface area contributed by atoms with Crippen molar-refractivity contribution >= 4 is 5.91 Å². The molecule has 0 radical (unpaired) electrons. The molecule has 2 aromatic carbocycles. The molecule has 1 N–H and O–H groups in total. The van der Waals surface area contributed by atoms with Gasteiger partial charge in [0.2, 0.25) is 0 Å². The number of carbonyl (C=O) groups excluding carboxylic acids is 1. The van der Waals surface area contributed by atoms with Gasteiger partial charge in [0.1, 0.15) is 18.1 Å². The van der Waals surface area contributed by atoms with E-state index in [0.717, 1.165) is 11.3 Å². The van der Waals surface area contributed by atoms with E-state index in [9.17, 15) is 18.0 Å². The Morgan fingerprint density at radius 3 is 2.36 bits per heavy atom. The van der Waals surface area contributed by atoms with Crippen molar-refractivity contribution in [2.75, 3.05) is 19.8 Å². The zero-order valence-electron chi connectivity index (χ0n) is 13.6. The lowest BCUT2D eigenvalue weighted by atomic mass is 10.2. The molecule has 0 aliphatic rings. The molecule has 0 bridgehead atoms. The summed E-state index contributed by atoms with van der Waals surface area (Å²) in [5, 5.41) is 2.68. The van der Waals surface area contributed by atoms with Crippen molar-refractivity contribution < 1.29 is 27.4 Å². The Balaban J connectivity index is 1.76. The quantitative estimate of drug-likeness (QED) is 0.772. The molecule has 0 unspecified atom stereocenters. The fourth-order valence-corrected chi connectivity index (χ4v) is 2.01. The van der Waals surface area contributed by atoms with Crippen molar-refractivity contribution in [3.8, 4) is 11.5 Å². The van der Waals surface area contributed by atoms with Gasteiger partial charge >= 0.3 is 6.18 Å². The molecular weight excluding hydrogens is 335 g/mol. The van der Waals surface area contributed by atoms with Crippen molar-refractivity contribution in [1.29, 1.82) is 0 Å². The lowest BCUT2D eigenvalue weighted by molar-refractivity contribution is -0.153. The Labute approximate surface area is 143 Å². The minimum absolute atomic E-state index is 0.0526.